The summed E-state index contributed by atoms with van der Waals surface area (Å²) >= 11 is 0. The number of carbonyl (C=O) groups excluding carboxylic acids is 2. The fraction of sp³-hybridized carbons (Fsp3) is 0.576. The number of carbonyl (C=O) groups is 2. The number of likely N-dealkylation sites (tertiary alicyclic amines) is 1. The van der Waals surface area contributed by atoms with Crippen molar-refractivity contribution >= 4 is 11.9 Å². The maximum atomic E-state index is 15.2. The lowest BCUT2D eigenvalue weighted by Gasteiger charge is -2.44. The molecule has 0 aliphatic carbocycles. The first-order valence-electron chi connectivity index (χ1n) is 14.4. The Bertz CT molecular complexity index is 1320. The summed E-state index contributed by atoms with van der Waals surface area (Å²) in [5.74, 6) is -3.76. The fourth-order valence-electron chi connectivity index (χ4n) is 6.44. The number of benzene rings is 2. The van der Waals surface area contributed by atoms with E-state index in [1.54, 1.807) is 24.3 Å². The first kappa shape index (κ1) is 31.1. The van der Waals surface area contributed by atoms with Gasteiger partial charge in [-0.3, -0.25) is 4.90 Å². The predicted octanol–water partition coefficient (Wildman–Crippen LogP) is 6.91. The van der Waals surface area contributed by atoms with Crippen molar-refractivity contribution in [1.82, 2.24) is 10.2 Å². The highest BCUT2D eigenvalue weighted by molar-refractivity contribution is 5.92. The van der Waals surface area contributed by atoms with Gasteiger partial charge >= 0.3 is 11.9 Å². The Morgan fingerprint density at radius 1 is 0.829 bits per heavy atom. The molecule has 224 valence electrons. The van der Waals surface area contributed by atoms with E-state index in [4.69, 9.17) is 9.47 Å². The van der Waals surface area contributed by atoms with Crippen LogP contribution in [0.15, 0.2) is 36.4 Å². The summed E-state index contributed by atoms with van der Waals surface area (Å²) in [5, 5.41) is 3.40. The maximum Gasteiger partial charge on any atom is 0.341 e. The Morgan fingerprint density at radius 3 is 2.05 bits per heavy atom. The van der Waals surface area contributed by atoms with Crippen LogP contribution in [0.4, 0.5) is 8.78 Å². The predicted molar refractivity (Wildman–Crippen MR) is 156 cm³/mol. The Hall–Kier alpha value is -2.84. The minimum Gasteiger partial charge on any atom is -0.459 e. The monoisotopic (exact) mass is 570 g/mol. The minimum atomic E-state index is -1.26. The second-order valence-corrected chi connectivity index (χ2v) is 14.1. The van der Waals surface area contributed by atoms with Crippen molar-refractivity contribution in [3.8, 4) is 11.1 Å². The molecule has 2 fully saturated rings. The van der Waals surface area contributed by atoms with Gasteiger partial charge in [-0.2, -0.15) is 0 Å². The van der Waals surface area contributed by atoms with E-state index < -0.39 is 40.8 Å². The number of hydrogen-bond acceptors (Lipinski definition) is 6. The normalized spacial score (nSPS) is 24.9. The summed E-state index contributed by atoms with van der Waals surface area (Å²) in [6, 6.07) is 8.80. The van der Waals surface area contributed by atoms with Crippen LogP contribution in [0, 0.1) is 11.6 Å². The molecule has 6 nitrogen and oxygen atoms in total. The third-order valence-corrected chi connectivity index (χ3v) is 9.04. The standard InChI is InChI=1S/C33H44F2N2O4/c1-30(2)19-25(33(7,8)36-30)41-29(39)24-15-14-23(26(34)27(24)35)20-10-12-21(13-11-20)28(38)40-22-16-17-31(3,4)37(9)32(5,6)18-22/h10-15,22,25,36H,16-19H2,1-9H3. The molecule has 0 saturated carbocycles. The lowest BCUT2D eigenvalue weighted by Crippen LogP contribution is -2.52. The second-order valence-electron chi connectivity index (χ2n) is 14.1. The second kappa shape index (κ2) is 10.8. The number of rotatable bonds is 5. The molecule has 1 N–H and O–H groups in total. The van der Waals surface area contributed by atoms with Gasteiger partial charge in [0.1, 0.15) is 12.2 Å². The van der Waals surface area contributed by atoms with Crippen LogP contribution in [0.2, 0.25) is 0 Å². The zero-order valence-corrected chi connectivity index (χ0v) is 25.8. The summed E-state index contributed by atoms with van der Waals surface area (Å²) in [4.78, 5) is 28.1. The zero-order valence-electron chi connectivity index (χ0n) is 25.8. The van der Waals surface area contributed by atoms with Gasteiger partial charge in [-0.1, -0.05) is 18.2 Å². The first-order chi connectivity index (χ1) is 18.8. The van der Waals surface area contributed by atoms with Crippen molar-refractivity contribution in [3.63, 3.8) is 0 Å². The first-order valence-corrected chi connectivity index (χ1v) is 14.4. The molecular weight excluding hydrogens is 526 g/mol. The number of hydrogen-bond donors (Lipinski definition) is 1. The highest BCUT2D eigenvalue weighted by atomic mass is 19.2. The summed E-state index contributed by atoms with van der Waals surface area (Å²) < 4.78 is 41.8. The van der Waals surface area contributed by atoms with Crippen molar-refractivity contribution in [3.05, 3.63) is 59.2 Å². The van der Waals surface area contributed by atoms with Crippen molar-refractivity contribution in [1.29, 1.82) is 0 Å². The van der Waals surface area contributed by atoms with Gasteiger partial charge in [-0.25, -0.2) is 18.4 Å². The number of nitrogens with zero attached hydrogens (tertiary/aromatic N) is 1. The zero-order chi connectivity index (χ0) is 30.5. The van der Waals surface area contributed by atoms with Crippen LogP contribution in [-0.4, -0.2) is 58.2 Å². The van der Waals surface area contributed by atoms with Crippen molar-refractivity contribution in [2.75, 3.05) is 7.05 Å². The summed E-state index contributed by atoms with van der Waals surface area (Å²) in [6.45, 7) is 16.5. The Labute approximate surface area is 242 Å². The van der Waals surface area contributed by atoms with Gasteiger partial charge < -0.3 is 14.8 Å². The molecule has 0 spiro atoms. The van der Waals surface area contributed by atoms with Gasteiger partial charge in [0.05, 0.1) is 16.7 Å². The molecule has 2 aromatic rings. The lowest BCUT2D eigenvalue weighted by atomic mass is 9.93. The summed E-state index contributed by atoms with van der Waals surface area (Å²) in [7, 11) is 2.11. The number of halogens is 2. The van der Waals surface area contributed by atoms with E-state index in [1.807, 2.05) is 27.7 Å². The third-order valence-electron chi connectivity index (χ3n) is 9.04. The molecule has 0 aromatic heterocycles. The van der Waals surface area contributed by atoms with Gasteiger partial charge in [-0.05, 0) is 99.0 Å². The van der Waals surface area contributed by atoms with Gasteiger partial charge in [0, 0.05) is 35.0 Å². The lowest BCUT2D eigenvalue weighted by molar-refractivity contribution is 0.0113. The van der Waals surface area contributed by atoms with E-state index in [-0.39, 0.29) is 28.3 Å². The van der Waals surface area contributed by atoms with E-state index >= 15 is 8.78 Å². The molecular formula is C33H44F2N2O4. The number of ether oxygens (including phenoxy) is 2. The van der Waals surface area contributed by atoms with Crippen molar-refractivity contribution < 1.29 is 27.8 Å². The highest BCUT2D eigenvalue weighted by Gasteiger charge is 2.46. The largest absolute Gasteiger partial charge is 0.459 e. The molecule has 8 heteroatoms. The molecule has 41 heavy (non-hydrogen) atoms. The maximum absolute atomic E-state index is 15.2. The molecule has 2 aliphatic heterocycles. The van der Waals surface area contributed by atoms with Gasteiger partial charge in [-0.15, -0.1) is 0 Å². The Kier molecular flexibility index (Phi) is 8.17. The van der Waals surface area contributed by atoms with Crippen LogP contribution in [-0.2, 0) is 9.47 Å². The van der Waals surface area contributed by atoms with Gasteiger partial charge in [0.2, 0.25) is 0 Å². The van der Waals surface area contributed by atoms with Gasteiger partial charge in [0.25, 0.3) is 0 Å². The van der Waals surface area contributed by atoms with E-state index in [0.29, 0.717) is 24.0 Å². The molecule has 2 atom stereocenters. The highest BCUT2D eigenvalue weighted by Crippen LogP contribution is 2.37. The smallest absolute Gasteiger partial charge is 0.341 e. The molecule has 2 heterocycles. The van der Waals surface area contributed by atoms with Crippen LogP contribution < -0.4 is 5.32 Å². The van der Waals surface area contributed by atoms with E-state index in [1.165, 1.54) is 12.1 Å². The molecule has 2 unspecified atom stereocenters. The van der Waals surface area contributed by atoms with Crippen molar-refractivity contribution in [2.45, 2.75) is 115 Å². The van der Waals surface area contributed by atoms with Crippen LogP contribution >= 0.6 is 0 Å². The summed E-state index contributed by atoms with van der Waals surface area (Å²) in [5.41, 5.74) is -0.669. The van der Waals surface area contributed by atoms with Crippen molar-refractivity contribution in [2.24, 2.45) is 0 Å². The van der Waals surface area contributed by atoms with Crippen LogP contribution in [0.1, 0.15) is 102 Å². The minimum absolute atomic E-state index is 0.0147. The Morgan fingerprint density at radius 2 is 1.46 bits per heavy atom. The molecule has 0 radical (unpaired) electrons. The molecule has 2 aromatic carbocycles. The molecule has 2 saturated heterocycles. The van der Waals surface area contributed by atoms with Crippen LogP contribution in [0.5, 0.6) is 0 Å². The molecule has 0 bridgehead atoms. The number of nitrogens with one attached hydrogen (secondary N) is 1. The topological polar surface area (TPSA) is 67.9 Å². The Balaban J connectivity index is 1.46. The third kappa shape index (κ3) is 6.49. The molecule has 2 aliphatic rings. The fourth-order valence-corrected chi connectivity index (χ4v) is 6.44. The quantitative estimate of drug-likeness (QED) is 0.394. The van der Waals surface area contributed by atoms with Gasteiger partial charge in [0.15, 0.2) is 11.6 Å². The summed E-state index contributed by atoms with van der Waals surface area (Å²) in [6.07, 6.45) is 2.20. The van der Waals surface area contributed by atoms with E-state index in [0.717, 1.165) is 12.8 Å². The molecule has 4 rings (SSSR count). The number of esters is 2. The van der Waals surface area contributed by atoms with Crippen LogP contribution in [0.3, 0.4) is 0 Å². The average molecular weight is 571 g/mol. The van der Waals surface area contributed by atoms with Crippen LogP contribution in [0.25, 0.3) is 11.1 Å². The van der Waals surface area contributed by atoms with E-state index in [2.05, 4.69) is 45.0 Å². The molecule has 0 amide bonds. The SMILES string of the molecule is CN1C(C)(C)CCC(OC(=O)c2ccc(-c3ccc(C(=O)OC4CC(C)(C)NC4(C)C)c(F)c3F)cc2)CC1(C)C. The average Bonchev–Trinajstić information content (AvgIpc) is 3.04. The van der Waals surface area contributed by atoms with E-state index in [9.17, 15) is 9.59 Å².